The topological polar surface area (TPSA) is 72.3 Å². The number of hydrogen-bond acceptors (Lipinski definition) is 3. The maximum atomic E-state index is 11.9. The van der Waals surface area contributed by atoms with E-state index in [1.54, 1.807) is 0 Å². The normalized spacial score (nSPS) is 31.4. The lowest BCUT2D eigenvalue weighted by molar-refractivity contribution is -0.128. The van der Waals surface area contributed by atoms with Crippen molar-refractivity contribution in [3.63, 3.8) is 0 Å². The fourth-order valence-corrected chi connectivity index (χ4v) is 3.58. The molecule has 0 bridgehead atoms. The fraction of sp³-hybridized carbons (Fsp3) is 0.929. The van der Waals surface area contributed by atoms with Crippen molar-refractivity contribution in [2.75, 3.05) is 39.3 Å². The minimum Gasteiger partial charge on any atom is -0.341 e. The average molecular weight is 279 g/mol. The number of amides is 1. The van der Waals surface area contributed by atoms with Crippen molar-refractivity contribution < 1.29 is 4.79 Å². The van der Waals surface area contributed by atoms with Gasteiger partial charge in [0.05, 0.1) is 0 Å². The first-order chi connectivity index (χ1) is 9.58. The largest absolute Gasteiger partial charge is 0.341 e. The van der Waals surface area contributed by atoms with E-state index in [0.717, 1.165) is 44.6 Å². The molecule has 3 atom stereocenters. The standard InChI is InChI=1S/C14H25N5O/c1-11-5-12(2)9-18(8-11)3-4-19-10-13(6-14(19)20)7-16-17-15/h11-13H,3-10H2,1-2H3. The highest BCUT2D eigenvalue weighted by atomic mass is 16.2. The zero-order chi connectivity index (χ0) is 14.5. The molecule has 3 unspecified atom stereocenters. The number of carbonyl (C=O) groups excluding carboxylic acids is 1. The molecule has 2 aliphatic heterocycles. The van der Waals surface area contributed by atoms with Gasteiger partial charge in [-0.05, 0) is 29.7 Å². The van der Waals surface area contributed by atoms with Gasteiger partial charge in [-0.1, -0.05) is 19.0 Å². The van der Waals surface area contributed by atoms with Gasteiger partial charge in [-0.25, -0.2) is 0 Å². The molecule has 0 aliphatic carbocycles. The van der Waals surface area contributed by atoms with E-state index in [4.69, 9.17) is 5.53 Å². The van der Waals surface area contributed by atoms with Gasteiger partial charge in [-0.3, -0.25) is 4.79 Å². The first-order valence-corrected chi connectivity index (χ1v) is 7.59. The number of nitrogens with zero attached hydrogens (tertiary/aromatic N) is 5. The predicted octanol–water partition coefficient (Wildman–Crippen LogP) is 2.12. The molecule has 20 heavy (non-hydrogen) atoms. The first-order valence-electron chi connectivity index (χ1n) is 7.59. The summed E-state index contributed by atoms with van der Waals surface area (Å²) in [7, 11) is 0. The second-order valence-electron chi connectivity index (χ2n) is 6.53. The smallest absolute Gasteiger partial charge is 0.222 e. The van der Waals surface area contributed by atoms with Crippen LogP contribution in [0.4, 0.5) is 0 Å². The molecule has 2 heterocycles. The highest BCUT2D eigenvalue weighted by Crippen LogP contribution is 2.22. The Balaban J connectivity index is 1.76. The highest BCUT2D eigenvalue weighted by Gasteiger charge is 2.29. The van der Waals surface area contributed by atoms with E-state index in [1.165, 1.54) is 6.42 Å². The van der Waals surface area contributed by atoms with E-state index in [2.05, 4.69) is 28.8 Å². The molecular weight excluding hydrogens is 254 g/mol. The number of carbonyl (C=O) groups is 1. The first kappa shape index (κ1) is 15.1. The van der Waals surface area contributed by atoms with Crippen molar-refractivity contribution in [3.05, 3.63) is 10.4 Å². The van der Waals surface area contributed by atoms with Gasteiger partial charge in [0.25, 0.3) is 0 Å². The molecule has 6 heteroatoms. The quantitative estimate of drug-likeness (QED) is 0.439. The summed E-state index contributed by atoms with van der Waals surface area (Å²) in [6.45, 7) is 9.87. The van der Waals surface area contributed by atoms with Gasteiger partial charge in [0.15, 0.2) is 0 Å². The van der Waals surface area contributed by atoms with E-state index >= 15 is 0 Å². The monoisotopic (exact) mass is 279 g/mol. The molecule has 2 fully saturated rings. The Morgan fingerprint density at radius 3 is 2.60 bits per heavy atom. The lowest BCUT2D eigenvalue weighted by atomic mass is 9.92. The average Bonchev–Trinajstić information content (AvgIpc) is 2.73. The summed E-state index contributed by atoms with van der Waals surface area (Å²) in [4.78, 5) is 19.1. The summed E-state index contributed by atoms with van der Waals surface area (Å²) in [5.74, 6) is 1.93. The molecule has 0 saturated carbocycles. The van der Waals surface area contributed by atoms with E-state index in [-0.39, 0.29) is 11.8 Å². The number of azide groups is 1. The van der Waals surface area contributed by atoms with E-state index in [0.29, 0.717) is 13.0 Å². The van der Waals surface area contributed by atoms with Gasteiger partial charge >= 0.3 is 0 Å². The number of piperidine rings is 1. The maximum Gasteiger partial charge on any atom is 0.222 e. The molecule has 0 spiro atoms. The Kier molecular flexibility index (Phi) is 5.26. The second-order valence-corrected chi connectivity index (χ2v) is 6.53. The van der Waals surface area contributed by atoms with Crippen molar-refractivity contribution >= 4 is 5.91 Å². The number of hydrogen-bond donors (Lipinski definition) is 0. The summed E-state index contributed by atoms with van der Waals surface area (Å²) in [6, 6.07) is 0. The van der Waals surface area contributed by atoms with E-state index in [1.807, 2.05) is 4.90 Å². The molecule has 0 aromatic rings. The third-order valence-electron chi connectivity index (χ3n) is 4.33. The molecule has 6 nitrogen and oxygen atoms in total. The van der Waals surface area contributed by atoms with Crippen molar-refractivity contribution in [2.24, 2.45) is 22.9 Å². The van der Waals surface area contributed by atoms with E-state index < -0.39 is 0 Å². The van der Waals surface area contributed by atoms with Crippen LogP contribution in [0.3, 0.4) is 0 Å². The molecule has 0 aromatic carbocycles. The molecule has 2 aliphatic rings. The third kappa shape index (κ3) is 4.12. The van der Waals surface area contributed by atoms with Crippen molar-refractivity contribution in [1.82, 2.24) is 9.80 Å². The van der Waals surface area contributed by atoms with Crippen LogP contribution in [-0.2, 0) is 4.79 Å². The van der Waals surface area contributed by atoms with Crippen LogP contribution in [0.1, 0.15) is 26.7 Å². The Labute approximate surface area is 120 Å². The van der Waals surface area contributed by atoms with Gasteiger partial charge in [-0.15, -0.1) is 0 Å². The van der Waals surface area contributed by atoms with Crippen molar-refractivity contribution in [2.45, 2.75) is 26.7 Å². The lowest BCUT2D eigenvalue weighted by Crippen LogP contribution is -2.43. The Morgan fingerprint density at radius 1 is 1.25 bits per heavy atom. The van der Waals surface area contributed by atoms with Crippen LogP contribution in [0.2, 0.25) is 0 Å². The second kappa shape index (κ2) is 6.95. The van der Waals surface area contributed by atoms with Gasteiger partial charge in [0.2, 0.25) is 5.91 Å². The fourth-order valence-electron chi connectivity index (χ4n) is 3.58. The Morgan fingerprint density at radius 2 is 1.95 bits per heavy atom. The molecule has 0 N–H and O–H groups in total. The summed E-state index contributed by atoms with van der Waals surface area (Å²) >= 11 is 0. The van der Waals surface area contributed by atoms with Crippen molar-refractivity contribution in [3.8, 4) is 0 Å². The maximum absolute atomic E-state index is 11.9. The Hall–Kier alpha value is -1.26. The molecule has 0 radical (unpaired) electrons. The summed E-state index contributed by atoms with van der Waals surface area (Å²) in [6.07, 6.45) is 1.85. The summed E-state index contributed by atoms with van der Waals surface area (Å²) in [5, 5.41) is 3.58. The van der Waals surface area contributed by atoms with Crippen LogP contribution >= 0.6 is 0 Å². The van der Waals surface area contributed by atoms with E-state index in [9.17, 15) is 4.79 Å². The van der Waals surface area contributed by atoms with Crippen molar-refractivity contribution in [1.29, 1.82) is 0 Å². The minimum atomic E-state index is 0.206. The molecule has 1 amide bonds. The zero-order valence-corrected chi connectivity index (χ0v) is 12.5. The van der Waals surface area contributed by atoms with Gasteiger partial charge in [0.1, 0.15) is 0 Å². The molecular formula is C14H25N5O. The molecule has 0 aromatic heterocycles. The van der Waals surface area contributed by atoms with Gasteiger partial charge in [-0.2, -0.15) is 0 Å². The van der Waals surface area contributed by atoms with Crippen LogP contribution < -0.4 is 0 Å². The van der Waals surface area contributed by atoms with Gasteiger partial charge in [0, 0.05) is 50.6 Å². The summed E-state index contributed by atoms with van der Waals surface area (Å²) in [5.41, 5.74) is 8.33. The highest BCUT2D eigenvalue weighted by molar-refractivity contribution is 5.78. The zero-order valence-electron chi connectivity index (χ0n) is 12.5. The van der Waals surface area contributed by atoms with Crippen LogP contribution in [0.15, 0.2) is 5.11 Å². The number of likely N-dealkylation sites (tertiary alicyclic amines) is 2. The van der Waals surface area contributed by atoms with Crippen LogP contribution in [0, 0.1) is 17.8 Å². The Bertz CT molecular complexity index is 383. The molecule has 2 rings (SSSR count). The van der Waals surface area contributed by atoms with Crippen LogP contribution in [0.5, 0.6) is 0 Å². The summed E-state index contributed by atoms with van der Waals surface area (Å²) < 4.78 is 0. The number of rotatable bonds is 5. The van der Waals surface area contributed by atoms with Gasteiger partial charge < -0.3 is 9.80 Å². The molecule has 2 saturated heterocycles. The van der Waals surface area contributed by atoms with Crippen LogP contribution in [-0.4, -0.2) is 55.0 Å². The SMILES string of the molecule is CC1CC(C)CN(CCN2CC(CN=[N+]=[N-])CC2=O)C1. The predicted molar refractivity (Wildman–Crippen MR) is 78.1 cm³/mol. The minimum absolute atomic E-state index is 0.206. The van der Waals surface area contributed by atoms with Crippen LogP contribution in [0.25, 0.3) is 10.4 Å². The third-order valence-corrected chi connectivity index (χ3v) is 4.33. The lowest BCUT2D eigenvalue weighted by Gasteiger charge is -2.35. The molecule has 112 valence electrons.